The zero-order chi connectivity index (χ0) is 20.1. The molecule has 0 amide bonds. The van der Waals surface area contributed by atoms with Crippen molar-refractivity contribution in [1.29, 1.82) is 0 Å². The molecule has 0 bridgehead atoms. The highest BCUT2D eigenvalue weighted by atomic mass is 19.3. The highest BCUT2D eigenvalue weighted by molar-refractivity contribution is 5.95. The zero-order valence-electron chi connectivity index (χ0n) is 14.8. The molecule has 0 radical (unpaired) electrons. The average Bonchev–Trinajstić information content (AvgIpc) is 3.33. The van der Waals surface area contributed by atoms with Gasteiger partial charge in [0.05, 0.1) is 11.7 Å². The average molecular weight is 393 g/mol. The molecule has 0 aliphatic carbocycles. The van der Waals surface area contributed by atoms with E-state index in [0.29, 0.717) is 5.52 Å². The summed E-state index contributed by atoms with van der Waals surface area (Å²) in [6.07, 6.45) is 5.62. The van der Waals surface area contributed by atoms with Crippen molar-refractivity contribution in [2.75, 3.05) is 18.0 Å². The van der Waals surface area contributed by atoms with Gasteiger partial charge in [-0.15, -0.1) is 0 Å². The molecule has 0 saturated carbocycles. The number of carboxylic acids is 1. The third kappa shape index (κ3) is 4.73. The first kappa shape index (κ1) is 19.5. The Labute approximate surface area is 158 Å². The number of nitrogens with zero attached hydrogens (tertiary/aromatic N) is 3. The summed E-state index contributed by atoms with van der Waals surface area (Å²) in [7, 11) is 0. The van der Waals surface area contributed by atoms with E-state index in [1.165, 1.54) is 19.0 Å². The number of aromatic carboxylic acids is 1. The fraction of sp³-hybridized carbons (Fsp3) is 0.263. The molecule has 0 atom stereocenters. The number of alkyl halides is 2. The first-order chi connectivity index (χ1) is 13.4. The van der Waals surface area contributed by atoms with Crippen LogP contribution in [0.4, 0.5) is 18.9 Å². The van der Waals surface area contributed by atoms with Gasteiger partial charge >= 0.3 is 12.6 Å². The van der Waals surface area contributed by atoms with Gasteiger partial charge in [0.2, 0.25) is 0 Å². The number of pyridine rings is 1. The molecule has 1 fully saturated rings. The lowest BCUT2D eigenvalue weighted by atomic mass is 10.2. The van der Waals surface area contributed by atoms with Gasteiger partial charge in [0.15, 0.2) is 0 Å². The van der Waals surface area contributed by atoms with E-state index in [-0.39, 0.29) is 11.3 Å². The van der Waals surface area contributed by atoms with E-state index in [1.807, 2.05) is 18.3 Å². The van der Waals surface area contributed by atoms with Crippen molar-refractivity contribution in [3.63, 3.8) is 0 Å². The third-order valence-corrected chi connectivity index (χ3v) is 4.25. The lowest BCUT2D eigenvalue weighted by Gasteiger charge is -2.17. The zero-order valence-corrected chi connectivity index (χ0v) is 14.8. The normalized spacial score (nSPS) is 13.5. The fourth-order valence-corrected chi connectivity index (χ4v) is 2.92. The molecule has 28 heavy (non-hydrogen) atoms. The standard InChI is InChI=1S/C12H13N3O2.C7H5F3O/c16-12(17)10-8-13-15-6-3-9(7-11(10)15)14-4-1-2-5-14;8-5-1-3-6(4-2-5)11-7(9)10/h3,6-8H,1-2,4-5H2,(H,16,17);1-4,7H. The monoisotopic (exact) mass is 393 g/mol. The number of carboxylic acid groups (broad SMARTS) is 1. The number of rotatable bonds is 4. The van der Waals surface area contributed by atoms with E-state index >= 15 is 0 Å². The van der Waals surface area contributed by atoms with Crippen molar-refractivity contribution < 1.29 is 27.8 Å². The van der Waals surface area contributed by atoms with Gasteiger partial charge in [-0.3, -0.25) is 0 Å². The van der Waals surface area contributed by atoms with Crippen molar-refractivity contribution in [3.8, 4) is 5.75 Å². The number of ether oxygens (including phenoxy) is 1. The Balaban J connectivity index is 0.000000178. The molecule has 6 nitrogen and oxygen atoms in total. The van der Waals surface area contributed by atoms with Crippen LogP contribution in [-0.2, 0) is 0 Å². The quantitative estimate of drug-likeness (QED) is 0.724. The molecule has 1 N–H and O–H groups in total. The fourth-order valence-electron chi connectivity index (χ4n) is 2.92. The molecule has 2 aromatic heterocycles. The van der Waals surface area contributed by atoms with Crippen molar-refractivity contribution in [3.05, 3.63) is 60.2 Å². The Morgan fingerprint density at radius 1 is 1.14 bits per heavy atom. The van der Waals surface area contributed by atoms with E-state index in [9.17, 15) is 18.0 Å². The molecule has 148 valence electrons. The number of hydrogen-bond donors (Lipinski definition) is 1. The minimum Gasteiger partial charge on any atom is -0.478 e. The maximum absolute atomic E-state index is 12.2. The Kier molecular flexibility index (Phi) is 6.03. The summed E-state index contributed by atoms with van der Waals surface area (Å²) >= 11 is 0. The Morgan fingerprint density at radius 2 is 1.82 bits per heavy atom. The second kappa shape index (κ2) is 8.64. The number of halogens is 3. The van der Waals surface area contributed by atoms with Gasteiger partial charge in [0.1, 0.15) is 17.1 Å². The van der Waals surface area contributed by atoms with Crippen LogP contribution in [0, 0.1) is 5.82 Å². The summed E-state index contributed by atoms with van der Waals surface area (Å²) in [5, 5.41) is 13.1. The Bertz CT molecular complexity index is 938. The van der Waals surface area contributed by atoms with Crippen LogP contribution in [0.2, 0.25) is 0 Å². The minimum absolute atomic E-state index is 0.0404. The summed E-state index contributed by atoms with van der Waals surface area (Å²) in [6, 6.07) is 8.27. The summed E-state index contributed by atoms with van der Waals surface area (Å²) in [5.41, 5.74) is 1.99. The predicted octanol–water partition coefficient (Wildman–Crippen LogP) is 4.06. The summed E-state index contributed by atoms with van der Waals surface area (Å²) < 4.78 is 40.8. The van der Waals surface area contributed by atoms with Gasteiger partial charge in [0.25, 0.3) is 0 Å². The first-order valence-electron chi connectivity index (χ1n) is 8.60. The van der Waals surface area contributed by atoms with Crippen molar-refractivity contribution >= 4 is 17.2 Å². The van der Waals surface area contributed by atoms with Gasteiger partial charge in [-0.2, -0.15) is 13.9 Å². The lowest BCUT2D eigenvalue weighted by molar-refractivity contribution is -0.0498. The molecule has 1 aliphatic rings. The predicted molar refractivity (Wildman–Crippen MR) is 96.6 cm³/mol. The molecule has 4 rings (SSSR count). The maximum Gasteiger partial charge on any atom is 0.387 e. The largest absolute Gasteiger partial charge is 0.478 e. The van der Waals surface area contributed by atoms with Gasteiger partial charge < -0.3 is 14.7 Å². The van der Waals surface area contributed by atoms with Crippen LogP contribution in [0.3, 0.4) is 0 Å². The molecule has 3 aromatic rings. The van der Waals surface area contributed by atoms with Gasteiger partial charge in [-0.1, -0.05) is 0 Å². The highest BCUT2D eigenvalue weighted by Gasteiger charge is 2.16. The van der Waals surface area contributed by atoms with Crippen molar-refractivity contribution in [1.82, 2.24) is 9.61 Å². The van der Waals surface area contributed by atoms with E-state index in [0.717, 1.165) is 43.0 Å². The Hall–Kier alpha value is -3.23. The van der Waals surface area contributed by atoms with Crippen LogP contribution in [0.25, 0.3) is 5.52 Å². The van der Waals surface area contributed by atoms with E-state index in [2.05, 4.69) is 14.7 Å². The highest BCUT2D eigenvalue weighted by Crippen LogP contribution is 2.23. The molecule has 3 heterocycles. The number of benzene rings is 1. The molecular weight excluding hydrogens is 375 g/mol. The number of anilines is 1. The molecule has 0 spiro atoms. The topological polar surface area (TPSA) is 67.1 Å². The van der Waals surface area contributed by atoms with Crippen LogP contribution < -0.4 is 9.64 Å². The van der Waals surface area contributed by atoms with E-state index in [1.54, 1.807) is 4.52 Å². The molecule has 1 saturated heterocycles. The van der Waals surface area contributed by atoms with Crippen molar-refractivity contribution in [2.24, 2.45) is 0 Å². The minimum atomic E-state index is -2.86. The van der Waals surface area contributed by atoms with Gasteiger partial charge in [0, 0.05) is 25.0 Å². The van der Waals surface area contributed by atoms with Crippen LogP contribution in [-0.4, -0.2) is 40.4 Å². The van der Waals surface area contributed by atoms with Gasteiger partial charge in [-0.05, 0) is 49.2 Å². The second-order valence-corrected chi connectivity index (χ2v) is 6.10. The number of carbonyl (C=O) groups is 1. The van der Waals surface area contributed by atoms with Crippen LogP contribution in [0.5, 0.6) is 5.75 Å². The van der Waals surface area contributed by atoms with Gasteiger partial charge in [-0.25, -0.2) is 13.7 Å². The summed E-state index contributed by atoms with van der Waals surface area (Å²) in [5.74, 6) is -1.45. The number of aromatic nitrogens is 2. The molecular formula is C19H18F3N3O3. The molecule has 0 unspecified atom stereocenters. The smallest absolute Gasteiger partial charge is 0.387 e. The lowest BCUT2D eigenvalue weighted by Crippen LogP contribution is -2.17. The number of fused-ring (bicyclic) bond motifs is 1. The number of hydrogen-bond acceptors (Lipinski definition) is 4. The van der Waals surface area contributed by atoms with Crippen LogP contribution >= 0.6 is 0 Å². The summed E-state index contributed by atoms with van der Waals surface area (Å²) in [4.78, 5) is 13.3. The SMILES string of the molecule is Fc1ccc(OC(F)F)cc1.O=C(O)c1cnn2ccc(N3CCCC3)cc12. The summed E-state index contributed by atoms with van der Waals surface area (Å²) in [6.45, 7) is -0.764. The maximum atomic E-state index is 12.2. The molecule has 1 aromatic carbocycles. The van der Waals surface area contributed by atoms with Crippen molar-refractivity contribution in [2.45, 2.75) is 19.5 Å². The van der Waals surface area contributed by atoms with E-state index < -0.39 is 18.4 Å². The van der Waals surface area contributed by atoms with Crippen LogP contribution in [0.15, 0.2) is 48.8 Å². The molecule has 1 aliphatic heterocycles. The second-order valence-electron chi connectivity index (χ2n) is 6.10. The van der Waals surface area contributed by atoms with Crippen LogP contribution in [0.1, 0.15) is 23.2 Å². The first-order valence-corrected chi connectivity index (χ1v) is 8.60. The van der Waals surface area contributed by atoms with E-state index in [4.69, 9.17) is 5.11 Å². The molecule has 9 heteroatoms. The Morgan fingerprint density at radius 3 is 2.43 bits per heavy atom. The third-order valence-electron chi connectivity index (χ3n) is 4.25.